The number of nitrogens with zero attached hydrogens (tertiary/aromatic N) is 1. The van der Waals surface area contributed by atoms with Gasteiger partial charge >= 0.3 is 6.03 Å². The highest BCUT2D eigenvalue weighted by molar-refractivity contribution is 6.31. The van der Waals surface area contributed by atoms with Crippen molar-refractivity contribution < 1.29 is 13.9 Å². The molecule has 1 aliphatic rings. The number of anilines is 1. The first-order chi connectivity index (χ1) is 16.0. The topological polar surface area (TPSA) is 57.4 Å². The molecule has 2 N–H and O–H groups in total. The maximum Gasteiger partial charge on any atom is 0.322 e. The zero-order valence-electron chi connectivity index (χ0n) is 18.3. The number of carbonyl (C=O) groups excluding carboxylic acids is 1. The Morgan fingerprint density at radius 2 is 1.97 bits per heavy atom. The van der Waals surface area contributed by atoms with Crippen LogP contribution in [0.25, 0.3) is 10.9 Å². The van der Waals surface area contributed by atoms with Crippen LogP contribution < -0.4 is 10.1 Å². The van der Waals surface area contributed by atoms with Gasteiger partial charge in [0.05, 0.1) is 13.2 Å². The van der Waals surface area contributed by atoms with Crippen molar-refractivity contribution >= 4 is 34.2 Å². The van der Waals surface area contributed by atoms with E-state index in [1.54, 1.807) is 30.2 Å². The van der Waals surface area contributed by atoms with Gasteiger partial charge in [0.2, 0.25) is 0 Å². The van der Waals surface area contributed by atoms with E-state index in [-0.39, 0.29) is 11.8 Å². The summed E-state index contributed by atoms with van der Waals surface area (Å²) in [4.78, 5) is 18.8. The highest BCUT2D eigenvalue weighted by Gasteiger charge is 2.35. The van der Waals surface area contributed by atoms with Gasteiger partial charge in [-0.25, -0.2) is 9.18 Å². The minimum absolute atomic E-state index is 0.239. The molecule has 0 saturated heterocycles. The number of benzene rings is 3. The lowest BCUT2D eigenvalue weighted by atomic mass is 9.92. The number of H-pyrrole nitrogens is 1. The Morgan fingerprint density at radius 1 is 1.18 bits per heavy atom. The van der Waals surface area contributed by atoms with Crippen LogP contribution in [0.1, 0.15) is 28.4 Å². The lowest BCUT2D eigenvalue weighted by Gasteiger charge is -2.36. The summed E-state index contributed by atoms with van der Waals surface area (Å²) in [5, 5.41) is 4.67. The van der Waals surface area contributed by atoms with E-state index >= 15 is 0 Å². The monoisotopic (exact) mass is 463 g/mol. The van der Waals surface area contributed by atoms with Crippen molar-refractivity contribution in [1.82, 2.24) is 9.88 Å². The molecule has 0 unspecified atom stereocenters. The number of fused-ring (bicyclic) bond motifs is 3. The summed E-state index contributed by atoms with van der Waals surface area (Å²) in [7, 11) is 1.64. The molecule has 0 aliphatic carbocycles. The number of halogens is 2. The van der Waals surface area contributed by atoms with Crippen molar-refractivity contribution in [1.29, 1.82) is 0 Å². The van der Waals surface area contributed by atoms with E-state index in [2.05, 4.69) is 10.3 Å². The lowest BCUT2D eigenvalue weighted by Crippen LogP contribution is -2.43. The molecule has 168 valence electrons. The third kappa shape index (κ3) is 3.80. The van der Waals surface area contributed by atoms with E-state index in [0.717, 1.165) is 39.0 Å². The molecular formula is C26H23ClFN3O2. The lowest BCUT2D eigenvalue weighted by molar-refractivity contribution is 0.193. The standard InChI is InChI=1S/C26H23ClFN3O2/c1-15-21(27)4-3-5-22(15)30-26(32)31-13-12-19-20-14-18(33-2)10-11-23(20)29-24(19)25(31)16-6-8-17(28)9-7-16/h3-11,14,25,29H,12-13H2,1-2H3,(H,30,32)/t25-/m0/s1. The second-order valence-electron chi connectivity index (χ2n) is 8.17. The van der Waals surface area contributed by atoms with Crippen LogP contribution in [0, 0.1) is 12.7 Å². The molecule has 1 aromatic heterocycles. The zero-order valence-corrected chi connectivity index (χ0v) is 19.0. The minimum Gasteiger partial charge on any atom is -0.497 e. The Bertz CT molecular complexity index is 1350. The molecule has 0 spiro atoms. The van der Waals surface area contributed by atoms with Gasteiger partial charge in [0.15, 0.2) is 0 Å². The summed E-state index contributed by atoms with van der Waals surface area (Å²) < 4.78 is 19.1. The van der Waals surface area contributed by atoms with E-state index in [0.29, 0.717) is 23.7 Å². The third-order valence-corrected chi connectivity index (χ3v) is 6.70. The number of amides is 2. The number of rotatable bonds is 3. The molecule has 7 heteroatoms. The molecule has 33 heavy (non-hydrogen) atoms. The van der Waals surface area contributed by atoms with Crippen LogP contribution in [-0.4, -0.2) is 29.6 Å². The predicted octanol–water partition coefficient (Wildman–Crippen LogP) is 6.46. The number of aromatic amines is 1. The number of aromatic nitrogens is 1. The fraction of sp³-hybridized carbons (Fsp3) is 0.192. The Kier molecular flexibility index (Phi) is 5.46. The third-order valence-electron chi connectivity index (χ3n) is 6.29. The molecule has 1 atom stereocenters. The van der Waals surface area contributed by atoms with Gasteiger partial charge in [-0.05, 0) is 72.5 Å². The van der Waals surface area contributed by atoms with Gasteiger partial charge in [-0.15, -0.1) is 0 Å². The number of urea groups is 1. The molecule has 2 amide bonds. The number of hydrogen-bond donors (Lipinski definition) is 2. The van der Waals surface area contributed by atoms with Crippen molar-refractivity contribution in [2.75, 3.05) is 19.0 Å². The van der Waals surface area contributed by atoms with E-state index in [4.69, 9.17) is 16.3 Å². The largest absolute Gasteiger partial charge is 0.497 e. The number of ether oxygens (including phenoxy) is 1. The van der Waals surface area contributed by atoms with Crippen LogP contribution in [0.15, 0.2) is 60.7 Å². The number of methoxy groups -OCH3 is 1. The van der Waals surface area contributed by atoms with E-state index in [9.17, 15) is 9.18 Å². The summed E-state index contributed by atoms with van der Waals surface area (Å²) in [6.45, 7) is 2.37. The number of hydrogen-bond acceptors (Lipinski definition) is 2. The van der Waals surface area contributed by atoms with Gasteiger partial charge in [0, 0.05) is 33.9 Å². The van der Waals surface area contributed by atoms with Gasteiger partial charge in [-0.3, -0.25) is 0 Å². The predicted molar refractivity (Wildman–Crippen MR) is 129 cm³/mol. The highest BCUT2D eigenvalue weighted by Crippen LogP contribution is 2.40. The molecule has 3 aromatic carbocycles. The Morgan fingerprint density at radius 3 is 2.73 bits per heavy atom. The number of nitrogens with one attached hydrogen (secondary N) is 2. The van der Waals surface area contributed by atoms with Gasteiger partial charge in [0.1, 0.15) is 11.6 Å². The molecule has 4 aromatic rings. The van der Waals surface area contributed by atoms with Crippen LogP contribution in [0.5, 0.6) is 5.75 Å². The van der Waals surface area contributed by atoms with Crippen molar-refractivity contribution in [2.45, 2.75) is 19.4 Å². The summed E-state index contributed by atoms with van der Waals surface area (Å²) in [6, 6.07) is 17.0. The molecule has 0 saturated carbocycles. The SMILES string of the molecule is COc1ccc2[nH]c3c(c2c1)CCN(C(=O)Nc1cccc(Cl)c1C)[C@H]3c1ccc(F)cc1. The van der Waals surface area contributed by atoms with Gasteiger partial charge in [-0.1, -0.05) is 29.8 Å². The van der Waals surface area contributed by atoms with E-state index in [1.165, 1.54) is 12.1 Å². The molecule has 1 aliphatic heterocycles. The van der Waals surface area contributed by atoms with Gasteiger partial charge in [-0.2, -0.15) is 0 Å². The van der Waals surface area contributed by atoms with Crippen molar-refractivity contribution in [3.63, 3.8) is 0 Å². The Balaban J connectivity index is 1.59. The Labute approximate surface area is 196 Å². The molecule has 2 heterocycles. The van der Waals surface area contributed by atoms with Gasteiger partial charge < -0.3 is 19.9 Å². The van der Waals surface area contributed by atoms with Crippen molar-refractivity contribution in [3.05, 3.63) is 93.9 Å². The van der Waals surface area contributed by atoms with E-state index in [1.807, 2.05) is 37.3 Å². The fourth-order valence-electron chi connectivity index (χ4n) is 4.53. The smallest absolute Gasteiger partial charge is 0.322 e. The van der Waals surface area contributed by atoms with Crippen LogP contribution in [-0.2, 0) is 6.42 Å². The summed E-state index contributed by atoms with van der Waals surface area (Å²) in [6.07, 6.45) is 0.683. The molecule has 0 bridgehead atoms. The van der Waals surface area contributed by atoms with Crippen LogP contribution in [0.3, 0.4) is 0 Å². The fourth-order valence-corrected chi connectivity index (χ4v) is 4.71. The first-order valence-electron chi connectivity index (χ1n) is 10.7. The minimum atomic E-state index is -0.396. The summed E-state index contributed by atoms with van der Waals surface area (Å²) in [5.41, 5.74) is 5.34. The molecular weight excluding hydrogens is 441 g/mol. The van der Waals surface area contributed by atoms with Crippen molar-refractivity contribution in [2.24, 2.45) is 0 Å². The second kappa shape index (κ2) is 8.45. The molecule has 0 radical (unpaired) electrons. The molecule has 0 fully saturated rings. The normalized spacial score (nSPS) is 15.4. The highest BCUT2D eigenvalue weighted by atomic mass is 35.5. The zero-order chi connectivity index (χ0) is 23.1. The number of carbonyl (C=O) groups is 1. The first kappa shape index (κ1) is 21.3. The molecule has 5 rings (SSSR count). The van der Waals surface area contributed by atoms with Gasteiger partial charge in [0.25, 0.3) is 0 Å². The van der Waals surface area contributed by atoms with Crippen molar-refractivity contribution in [3.8, 4) is 5.75 Å². The van der Waals surface area contributed by atoms with E-state index < -0.39 is 6.04 Å². The van der Waals surface area contributed by atoms with Crippen LogP contribution in [0.2, 0.25) is 5.02 Å². The van der Waals surface area contributed by atoms with Crippen LogP contribution in [0.4, 0.5) is 14.9 Å². The maximum atomic E-state index is 13.7. The first-order valence-corrected chi connectivity index (χ1v) is 11.1. The summed E-state index contributed by atoms with van der Waals surface area (Å²) in [5.74, 6) is 0.459. The molecule has 5 nitrogen and oxygen atoms in total. The van der Waals surface area contributed by atoms with Crippen LogP contribution >= 0.6 is 11.6 Å². The Hall–Kier alpha value is -3.51. The second-order valence-corrected chi connectivity index (χ2v) is 8.58. The average Bonchev–Trinajstić information content (AvgIpc) is 3.20. The maximum absolute atomic E-state index is 13.7. The summed E-state index contributed by atoms with van der Waals surface area (Å²) >= 11 is 6.24. The average molecular weight is 464 g/mol. The quantitative estimate of drug-likeness (QED) is 0.366.